The highest BCUT2D eigenvalue weighted by molar-refractivity contribution is 7.18. The molecule has 0 radical (unpaired) electrons. The molecule has 1 saturated heterocycles. The molecule has 0 aliphatic carbocycles. The molecular formula is C22H24N2O2S. The lowest BCUT2D eigenvalue weighted by atomic mass is 10.0. The molecule has 0 bridgehead atoms. The Hall–Kier alpha value is -2.40. The minimum Gasteiger partial charge on any atom is -0.481 e. The molecule has 140 valence electrons. The number of ether oxygens (including phenoxy) is 1. The van der Waals surface area contributed by atoms with Gasteiger partial charge in [-0.05, 0) is 57.4 Å². The summed E-state index contributed by atoms with van der Waals surface area (Å²) in [6, 6.07) is 16.0. The van der Waals surface area contributed by atoms with Crippen LogP contribution in [0.15, 0.2) is 48.5 Å². The van der Waals surface area contributed by atoms with Crippen LogP contribution < -0.4 is 4.74 Å². The molecule has 4 nitrogen and oxygen atoms in total. The van der Waals surface area contributed by atoms with Crippen molar-refractivity contribution in [1.29, 1.82) is 0 Å². The molecule has 1 fully saturated rings. The molecule has 3 aromatic rings. The van der Waals surface area contributed by atoms with Crippen molar-refractivity contribution in [3.8, 4) is 5.75 Å². The highest BCUT2D eigenvalue weighted by Crippen LogP contribution is 2.36. The van der Waals surface area contributed by atoms with Crippen molar-refractivity contribution in [2.24, 2.45) is 0 Å². The van der Waals surface area contributed by atoms with Gasteiger partial charge in [0.1, 0.15) is 10.8 Å². The fraction of sp³-hybridized carbons (Fsp3) is 0.364. The Bertz CT molecular complexity index is 902. The molecule has 27 heavy (non-hydrogen) atoms. The number of carbonyl (C=O) groups excluding carboxylic acids is 1. The lowest BCUT2D eigenvalue weighted by molar-refractivity contribution is -0.142. The van der Waals surface area contributed by atoms with E-state index in [0.717, 1.165) is 42.1 Å². The van der Waals surface area contributed by atoms with Crippen LogP contribution in [-0.4, -0.2) is 28.4 Å². The summed E-state index contributed by atoms with van der Waals surface area (Å²) in [7, 11) is 0. The first-order valence-corrected chi connectivity index (χ1v) is 10.3. The lowest BCUT2D eigenvalue weighted by Crippen LogP contribution is -2.44. The Morgan fingerprint density at radius 1 is 1.19 bits per heavy atom. The molecule has 2 heterocycles. The molecule has 0 saturated carbocycles. The first-order valence-electron chi connectivity index (χ1n) is 9.51. The summed E-state index contributed by atoms with van der Waals surface area (Å²) in [6.07, 6.45) is 2.60. The number of aromatic nitrogens is 1. The fourth-order valence-corrected chi connectivity index (χ4v) is 4.70. The zero-order chi connectivity index (χ0) is 18.8. The quantitative estimate of drug-likeness (QED) is 0.630. The number of hydrogen-bond donors (Lipinski definition) is 0. The van der Waals surface area contributed by atoms with Crippen molar-refractivity contribution in [2.45, 2.75) is 45.3 Å². The van der Waals surface area contributed by atoms with Gasteiger partial charge in [-0.25, -0.2) is 4.98 Å². The van der Waals surface area contributed by atoms with Crippen molar-refractivity contribution in [2.75, 3.05) is 6.54 Å². The third kappa shape index (κ3) is 3.83. The minimum absolute atomic E-state index is 0.0412. The highest BCUT2D eigenvalue weighted by Gasteiger charge is 2.33. The zero-order valence-corrected chi connectivity index (χ0v) is 16.5. The Balaban J connectivity index is 1.54. The molecule has 2 aromatic carbocycles. The van der Waals surface area contributed by atoms with E-state index in [9.17, 15) is 4.79 Å². The Kier molecular flexibility index (Phi) is 5.12. The van der Waals surface area contributed by atoms with Crippen LogP contribution in [-0.2, 0) is 4.79 Å². The maximum atomic E-state index is 13.1. The number of hydrogen-bond acceptors (Lipinski definition) is 4. The van der Waals surface area contributed by atoms with Gasteiger partial charge in [-0.2, -0.15) is 0 Å². The number of carbonyl (C=O) groups is 1. The summed E-state index contributed by atoms with van der Waals surface area (Å²) in [6.45, 7) is 4.64. The zero-order valence-electron chi connectivity index (χ0n) is 15.7. The average Bonchev–Trinajstić information content (AvgIpc) is 3.13. The Labute approximate surface area is 163 Å². The van der Waals surface area contributed by atoms with Gasteiger partial charge in [0.2, 0.25) is 0 Å². The van der Waals surface area contributed by atoms with Crippen molar-refractivity contribution in [3.05, 3.63) is 59.1 Å². The van der Waals surface area contributed by atoms with Crippen LogP contribution >= 0.6 is 11.3 Å². The number of rotatable bonds is 4. The standard InChI is InChI=1S/C22H24N2O2S/c1-15-10-12-17(13-11-15)26-16(2)22(25)24-14-6-5-8-19(24)21-23-18-7-3-4-9-20(18)27-21/h3-4,7,9-13,16,19H,5-6,8,14H2,1-2H3/t16-,19-/m0/s1. The van der Waals surface area contributed by atoms with E-state index in [2.05, 4.69) is 6.07 Å². The molecule has 0 N–H and O–H groups in total. The van der Waals surface area contributed by atoms with Crippen LogP contribution in [0.3, 0.4) is 0 Å². The van der Waals surface area contributed by atoms with Gasteiger partial charge in [0.25, 0.3) is 5.91 Å². The summed E-state index contributed by atoms with van der Waals surface area (Å²) in [5.74, 6) is 0.773. The highest BCUT2D eigenvalue weighted by atomic mass is 32.1. The van der Waals surface area contributed by atoms with E-state index >= 15 is 0 Å². The van der Waals surface area contributed by atoms with Gasteiger partial charge in [-0.3, -0.25) is 4.79 Å². The number of amides is 1. The van der Waals surface area contributed by atoms with Crippen LogP contribution in [0.25, 0.3) is 10.2 Å². The maximum absolute atomic E-state index is 13.1. The molecule has 1 amide bonds. The third-order valence-corrected chi connectivity index (χ3v) is 6.20. The normalized spacial score (nSPS) is 18.4. The van der Waals surface area contributed by atoms with Gasteiger partial charge >= 0.3 is 0 Å². The van der Waals surface area contributed by atoms with Crippen LogP contribution in [0, 0.1) is 6.92 Å². The molecule has 0 spiro atoms. The number of fused-ring (bicyclic) bond motifs is 1. The second-order valence-electron chi connectivity index (χ2n) is 7.14. The molecule has 4 rings (SSSR count). The van der Waals surface area contributed by atoms with E-state index in [1.165, 1.54) is 10.3 Å². The van der Waals surface area contributed by atoms with E-state index < -0.39 is 6.10 Å². The van der Waals surface area contributed by atoms with Crippen molar-refractivity contribution in [1.82, 2.24) is 9.88 Å². The van der Waals surface area contributed by atoms with Crippen molar-refractivity contribution >= 4 is 27.5 Å². The number of aryl methyl sites for hydroxylation is 1. The van der Waals surface area contributed by atoms with E-state index in [0.29, 0.717) is 0 Å². The molecule has 2 atom stereocenters. The molecule has 1 aliphatic rings. The predicted octanol–water partition coefficient (Wildman–Crippen LogP) is 5.13. The average molecular weight is 381 g/mol. The first-order chi connectivity index (χ1) is 13.1. The number of thiazole rings is 1. The van der Waals surface area contributed by atoms with Crippen molar-refractivity contribution in [3.63, 3.8) is 0 Å². The van der Waals surface area contributed by atoms with Gasteiger partial charge in [-0.1, -0.05) is 29.8 Å². The van der Waals surface area contributed by atoms with Crippen LogP contribution in [0.2, 0.25) is 0 Å². The number of benzene rings is 2. The number of piperidine rings is 1. The second kappa shape index (κ2) is 7.69. The van der Waals surface area contributed by atoms with Crippen LogP contribution in [0.5, 0.6) is 5.75 Å². The van der Waals surface area contributed by atoms with Crippen LogP contribution in [0.1, 0.15) is 42.8 Å². The summed E-state index contributed by atoms with van der Waals surface area (Å²) < 4.78 is 7.09. The topological polar surface area (TPSA) is 42.4 Å². The fourth-order valence-electron chi connectivity index (χ4n) is 3.59. The van der Waals surface area contributed by atoms with E-state index in [-0.39, 0.29) is 11.9 Å². The van der Waals surface area contributed by atoms with Gasteiger partial charge in [0.05, 0.1) is 16.3 Å². The molecular weight excluding hydrogens is 356 g/mol. The van der Waals surface area contributed by atoms with E-state index in [4.69, 9.17) is 9.72 Å². The van der Waals surface area contributed by atoms with Gasteiger partial charge in [0, 0.05) is 6.54 Å². The third-order valence-electron chi connectivity index (χ3n) is 5.06. The lowest BCUT2D eigenvalue weighted by Gasteiger charge is -2.36. The second-order valence-corrected chi connectivity index (χ2v) is 8.20. The first kappa shape index (κ1) is 18.0. The number of likely N-dealkylation sites (tertiary alicyclic amines) is 1. The molecule has 1 aliphatic heterocycles. The summed E-state index contributed by atoms with van der Waals surface area (Å²) >= 11 is 1.70. The number of para-hydroxylation sites is 1. The SMILES string of the molecule is Cc1ccc(O[C@@H](C)C(=O)N2CCCC[C@H]2c2nc3ccccc3s2)cc1. The van der Waals surface area contributed by atoms with Crippen molar-refractivity contribution < 1.29 is 9.53 Å². The molecule has 0 unspecified atom stereocenters. The molecule has 1 aromatic heterocycles. The number of nitrogens with zero attached hydrogens (tertiary/aromatic N) is 2. The maximum Gasteiger partial charge on any atom is 0.263 e. The van der Waals surface area contributed by atoms with E-state index in [1.807, 2.05) is 61.2 Å². The van der Waals surface area contributed by atoms with Gasteiger partial charge in [-0.15, -0.1) is 11.3 Å². The summed E-state index contributed by atoms with van der Waals surface area (Å²) in [5, 5.41) is 1.03. The van der Waals surface area contributed by atoms with Crippen LogP contribution in [0.4, 0.5) is 0 Å². The van der Waals surface area contributed by atoms with E-state index in [1.54, 1.807) is 11.3 Å². The molecule has 5 heteroatoms. The Morgan fingerprint density at radius 2 is 1.96 bits per heavy atom. The van der Waals surface area contributed by atoms with Gasteiger partial charge in [0.15, 0.2) is 6.10 Å². The minimum atomic E-state index is -0.511. The monoisotopic (exact) mass is 380 g/mol. The summed E-state index contributed by atoms with van der Waals surface area (Å²) in [5.41, 5.74) is 2.19. The summed E-state index contributed by atoms with van der Waals surface area (Å²) in [4.78, 5) is 19.9. The Morgan fingerprint density at radius 3 is 2.74 bits per heavy atom. The largest absolute Gasteiger partial charge is 0.481 e. The predicted molar refractivity (Wildman–Crippen MR) is 109 cm³/mol. The van der Waals surface area contributed by atoms with Gasteiger partial charge < -0.3 is 9.64 Å². The smallest absolute Gasteiger partial charge is 0.263 e.